The van der Waals surface area contributed by atoms with Crippen LogP contribution < -0.4 is 0 Å². The fourth-order valence-electron chi connectivity index (χ4n) is 1.02. The van der Waals surface area contributed by atoms with Crippen LogP contribution in [0.1, 0.15) is 28.2 Å². The molecular formula is C8H5ClF2INO2. The van der Waals surface area contributed by atoms with Gasteiger partial charge in [0, 0.05) is 3.57 Å². The van der Waals surface area contributed by atoms with Gasteiger partial charge in [0.1, 0.15) is 5.69 Å². The van der Waals surface area contributed by atoms with Gasteiger partial charge < -0.3 is 5.11 Å². The molecule has 0 aromatic carbocycles. The summed E-state index contributed by atoms with van der Waals surface area (Å²) in [6.07, 6.45) is -2.71. The summed E-state index contributed by atoms with van der Waals surface area (Å²) >= 11 is 7.07. The van der Waals surface area contributed by atoms with Crippen molar-refractivity contribution < 1.29 is 18.7 Å². The third-order valence-electron chi connectivity index (χ3n) is 1.65. The van der Waals surface area contributed by atoms with Crippen LogP contribution in [0, 0.1) is 3.57 Å². The molecule has 1 heterocycles. The van der Waals surface area contributed by atoms with Crippen LogP contribution in [0.15, 0.2) is 6.07 Å². The third-order valence-corrected chi connectivity index (χ3v) is 2.80. The molecule has 0 fully saturated rings. The van der Waals surface area contributed by atoms with Crippen LogP contribution in [-0.2, 0) is 5.88 Å². The van der Waals surface area contributed by atoms with Crippen molar-refractivity contribution in [2.24, 2.45) is 0 Å². The van der Waals surface area contributed by atoms with Gasteiger partial charge in [0.25, 0.3) is 6.43 Å². The number of carbonyl (C=O) groups is 1. The van der Waals surface area contributed by atoms with Crippen molar-refractivity contribution >= 4 is 40.2 Å². The number of nitrogens with zero attached hydrogens (tertiary/aromatic N) is 1. The Morgan fingerprint density at radius 2 is 2.27 bits per heavy atom. The first kappa shape index (κ1) is 12.6. The number of carboxylic acids is 1. The van der Waals surface area contributed by atoms with Crippen molar-refractivity contribution in [3.8, 4) is 0 Å². The number of hydrogen-bond donors (Lipinski definition) is 1. The highest BCUT2D eigenvalue weighted by Gasteiger charge is 2.20. The summed E-state index contributed by atoms with van der Waals surface area (Å²) in [6, 6.07) is 1.10. The summed E-state index contributed by atoms with van der Waals surface area (Å²) in [6.45, 7) is 0. The van der Waals surface area contributed by atoms with Gasteiger partial charge in [0.2, 0.25) is 0 Å². The Balaban J connectivity index is 3.37. The Labute approximate surface area is 103 Å². The van der Waals surface area contributed by atoms with E-state index < -0.39 is 12.4 Å². The fraction of sp³-hybridized carbons (Fsp3) is 0.250. The quantitative estimate of drug-likeness (QED) is 0.675. The molecule has 0 aliphatic rings. The Hall–Kier alpha value is -0.500. The molecule has 7 heteroatoms. The van der Waals surface area contributed by atoms with E-state index in [9.17, 15) is 13.6 Å². The summed E-state index contributed by atoms with van der Waals surface area (Å²) in [7, 11) is 0. The van der Waals surface area contributed by atoms with Gasteiger partial charge in [-0.25, -0.2) is 18.6 Å². The molecule has 0 unspecified atom stereocenters. The normalized spacial score (nSPS) is 10.7. The van der Waals surface area contributed by atoms with E-state index in [-0.39, 0.29) is 26.4 Å². The number of pyridine rings is 1. The molecule has 0 amide bonds. The van der Waals surface area contributed by atoms with E-state index in [4.69, 9.17) is 16.7 Å². The zero-order valence-electron chi connectivity index (χ0n) is 7.18. The van der Waals surface area contributed by atoms with Crippen molar-refractivity contribution in [1.82, 2.24) is 4.98 Å². The van der Waals surface area contributed by atoms with Crippen LogP contribution in [0.2, 0.25) is 0 Å². The summed E-state index contributed by atoms with van der Waals surface area (Å²) in [5.41, 5.74) is -0.661. The van der Waals surface area contributed by atoms with Crippen LogP contribution in [0.3, 0.4) is 0 Å². The number of carboxylic acid groups (broad SMARTS) is 1. The smallest absolute Gasteiger partial charge is 0.354 e. The molecule has 1 aromatic heterocycles. The van der Waals surface area contributed by atoms with E-state index in [0.29, 0.717) is 0 Å². The summed E-state index contributed by atoms with van der Waals surface area (Å²) in [5.74, 6) is -1.50. The average Bonchev–Trinajstić information content (AvgIpc) is 2.15. The average molecular weight is 347 g/mol. The van der Waals surface area contributed by atoms with Gasteiger partial charge in [0.05, 0.1) is 17.1 Å². The first-order valence-corrected chi connectivity index (χ1v) is 5.35. The lowest BCUT2D eigenvalue weighted by Gasteiger charge is -2.08. The second kappa shape index (κ2) is 5.02. The number of alkyl halides is 3. The van der Waals surface area contributed by atoms with E-state index in [0.717, 1.165) is 6.07 Å². The third kappa shape index (κ3) is 2.75. The maximum absolute atomic E-state index is 12.6. The molecule has 1 aromatic rings. The molecule has 0 aliphatic carbocycles. The Morgan fingerprint density at radius 1 is 1.67 bits per heavy atom. The molecule has 0 saturated carbocycles. The maximum atomic E-state index is 12.6. The van der Waals surface area contributed by atoms with Gasteiger partial charge in [-0.15, -0.1) is 11.6 Å². The summed E-state index contributed by atoms with van der Waals surface area (Å²) in [5, 5.41) is 8.66. The van der Waals surface area contributed by atoms with Gasteiger partial charge in [-0.3, -0.25) is 0 Å². The molecular weight excluding hydrogens is 342 g/mol. The lowest BCUT2D eigenvalue weighted by Crippen LogP contribution is -2.07. The Bertz CT molecular complexity index is 400. The fourth-order valence-corrected chi connectivity index (χ4v) is 2.06. The molecule has 0 bridgehead atoms. The van der Waals surface area contributed by atoms with Gasteiger partial charge >= 0.3 is 5.97 Å². The standard InChI is InChI=1S/C8H5ClF2INO2/c9-2-5-6(7(10)11)3(12)1-4(13-5)8(14)15/h1,7H,2H2,(H,14,15). The molecule has 0 radical (unpaired) electrons. The summed E-state index contributed by atoms with van der Waals surface area (Å²) < 4.78 is 25.3. The Kier molecular flexibility index (Phi) is 4.21. The highest BCUT2D eigenvalue weighted by Crippen LogP contribution is 2.28. The van der Waals surface area contributed by atoms with Gasteiger partial charge in [0.15, 0.2) is 0 Å². The number of aromatic nitrogens is 1. The van der Waals surface area contributed by atoms with E-state index in [1.807, 2.05) is 0 Å². The topological polar surface area (TPSA) is 50.2 Å². The second-order valence-corrected chi connectivity index (χ2v) is 4.02. The predicted molar refractivity (Wildman–Crippen MR) is 58.4 cm³/mol. The zero-order chi connectivity index (χ0) is 11.6. The van der Waals surface area contributed by atoms with Gasteiger partial charge in [-0.05, 0) is 28.7 Å². The first-order chi connectivity index (χ1) is 6.97. The Morgan fingerprint density at radius 3 is 2.67 bits per heavy atom. The molecule has 15 heavy (non-hydrogen) atoms. The molecule has 1 N–H and O–H groups in total. The monoisotopic (exact) mass is 347 g/mol. The summed E-state index contributed by atoms with van der Waals surface area (Å²) in [4.78, 5) is 14.2. The van der Waals surface area contributed by atoms with E-state index >= 15 is 0 Å². The van der Waals surface area contributed by atoms with E-state index in [2.05, 4.69) is 4.98 Å². The zero-order valence-corrected chi connectivity index (χ0v) is 10.1. The number of aromatic carboxylic acids is 1. The minimum Gasteiger partial charge on any atom is -0.477 e. The largest absolute Gasteiger partial charge is 0.477 e. The van der Waals surface area contributed by atoms with Crippen molar-refractivity contribution in [2.75, 3.05) is 0 Å². The lowest BCUT2D eigenvalue weighted by molar-refractivity contribution is 0.0689. The van der Waals surface area contributed by atoms with Crippen LogP contribution in [0.4, 0.5) is 8.78 Å². The molecule has 82 valence electrons. The first-order valence-electron chi connectivity index (χ1n) is 3.74. The minimum atomic E-state index is -2.71. The number of hydrogen-bond acceptors (Lipinski definition) is 2. The van der Waals surface area contributed by atoms with Gasteiger partial charge in [-0.2, -0.15) is 0 Å². The molecule has 1 rings (SSSR count). The van der Waals surface area contributed by atoms with Crippen LogP contribution >= 0.6 is 34.2 Å². The predicted octanol–water partition coefficient (Wildman–Crippen LogP) is 3.06. The SMILES string of the molecule is O=C(O)c1cc(I)c(C(F)F)c(CCl)n1. The highest BCUT2D eigenvalue weighted by atomic mass is 127. The molecule has 0 aliphatic heterocycles. The van der Waals surface area contributed by atoms with Gasteiger partial charge in [-0.1, -0.05) is 0 Å². The lowest BCUT2D eigenvalue weighted by atomic mass is 10.2. The van der Waals surface area contributed by atoms with Crippen LogP contribution in [0.5, 0.6) is 0 Å². The minimum absolute atomic E-state index is 0.0871. The number of rotatable bonds is 3. The van der Waals surface area contributed by atoms with E-state index in [1.165, 1.54) is 0 Å². The van der Waals surface area contributed by atoms with E-state index in [1.54, 1.807) is 22.6 Å². The van der Waals surface area contributed by atoms with Crippen LogP contribution in [-0.4, -0.2) is 16.1 Å². The molecule has 3 nitrogen and oxygen atoms in total. The second-order valence-electron chi connectivity index (χ2n) is 2.59. The van der Waals surface area contributed by atoms with Crippen molar-refractivity contribution in [2.45, 2.75) is 12.3 Å². The molecule has 0 saturated heterocycles. The van der Waals surface area contributed by atoms with Crippen LogP contribution in [0.25, 0.3) is 0 Å². The van der Waals surface area contributed by atoms with Crippen molar-refractivity contribution in [3.05, 3.63) is 26.6 Å². The maximum Gasteiger partial charge on any atom is 0.354 e. The molecule has 0 atom stereocenters. The number of halogens is 4. The van der Waals surface area contributed by atoms with Crippen molar-refractivity contribution in [1.29, 1.82) is 0 Å². The van der Waals surface area contributed by atoms with Crippen molar-refractivity contribution in [3.63, 3.8) is 0 Å². The highest BCUT2D eigenvalue weighted by molar-refractivity contribution is 14.1. The molecule has 0 spiro atoms.